The molecule has 0 saturated carbocycles. The third-order valence-corrected chi connectivity index (χ3v) is 6.91. The van der Waals surface area contributed by atoms with Crippen LogP contribution in [-0.2, 0) is 11.3 Å². The monoisotopic (exact) mass is 456 g/mol. The Morgan fingerprint density at radius 1 is 1.03 bits per heavy atom. The number of carbonyl (C=O) groups is 1. The number of benzene rings is 3. The molecule has 0 unspecified atom stereocenters. The van der Waals surface area contributed by atoms with Gasteiger partial charge in [0.1, 0.15) is 17.3 Å². The first-order valence-corrected chi connectivity index (χ1v) is 11.8. The van der Waals surface area contributed by atoms with Crippen LogP contribution in [0, 0.1) is 12.7 Å². The van der Waals surface area contributed by atoms with Gasteiger partial charge in [-0.05, 0) is 74.7 Å². The number of piperidine rings is 1. The van der Waals surface area contributed by atoms with Crippen LogP contribution in [-0.4, -0.2) is 28.9 Å². The summed E-state index contributed by atoms with van der Waals surface area (Å²) in [6.45, 7) is 5.91. The molecule has 2 heterocycles. The molecular formula is C29H29FN2O2. The molecule has 1 saturated heterocycles. The maximum atomic E-state index is 13.9. The van der Waals surface area contributed by atoms with Crippen LogP contribution in [0.5, 0.6) is 11.5 Å². The van der Waals surface area contributed by atoms with E-state index in [1.54, 1.807) is 17.0 Å². The number of amides is 1. The van der Waals surface area contributed by atoms with Crippen molar-refractivity contribution in [3.05, 3.63) is 102 Å². The maximum absolute atomic E-state index is 13.9. The zero-order valence-corrected chi connectivity index (χ0v) is 19.6. The minimum absolute atomic E-state index is 0.0767. The Labute approximate surface area is 200 Å². The Balaban J connectivity index is 1.29. The van der Waals surface area contributed by atoms with E-state index in [1.165, 1.54) is 23.3 Å². The average molecular weight is 457 g/mol. The van der Waals surface area contributed by atoms with Crippen LogP contribution < -0.4 is 9.64 Å². The van der Waals surface area contributed by atoms with E-state index >= 15 is 0 Å². The van der Waals surface area contributed by atoms with Gasteiger partial charge in [0.2, 0.25) is 0 Å². The van der Waals surface area contributed by atoms with E-state index in [0.29, 0.717) is 5.69 Å². The lowest BCUT2D eigenvalue weighted by atomic mass is 9.82. The van der Waals surface area contributed by atoms with Crippen molar-refractivity contribution in [1.29, 1.82) is 0 Å². The van der Waals surface area contributed by atoms with Crippen LogP contribution in [0.2, 0.25) is 0 Å². The van der Waals surface area contributed by atoms with Gasteiger partial charge in [-0.1, -0.05) is 42.0 Å². The van der Waals surface area contributed by atoms with E-state index < -0.39 is 5.54 Å². The number of rotatable bonds is 5. The minimum Gasteiger partial charge on any atom is -0.457 e. The lowest BCUT2D eigenvalue weighted by Gasteiger charge is -2.47. The van der Waals surface area contributed by atoms with Crippen molar-refractivity contribution in [2.45, 2.75) is 44.8 Å². The van der Waals surface area contributed by atoms with Crippen molar-refractivity contribution >= 4 is 11.6 Å². The number of ether oxygens (including phenoxy) is 1. The molecule has 0 aliphatic carbocycles. The van der Waals surface area contributed by atoms with Gasteiger partial charge in [0.15, 0.2) is 0 Å². The molecule has 2 atom stereocenters. The third-order valence-electron chi connectivity index (χ3n) is 6.91. The van der Waals surface area contributed by atoms with Gasteiger partial charge in [0.05, 0.1) is 5.54 Å². The van der Waals surface area contributed by atoms with Crippen LogP contribution in [0.4, 0.5) is 10.1 Å². The summed E-state index contributed by atoms with van der Waals surface area (Å²) >= 11 is 0. The lowest BCUT2D eigenvalue weighted by Crippen LogP contribution is -2.56. The van der Waals surface area contributed by atoms with E-state index in [1.807, 2.05) is 48.5 Å². The quantitative estimate of drug-likeness (QED) is 0.455. The van der Waals surface area contributed by atoms with Gasteiger partial charge in [-0.25, -0.2) is 4.39 Å². The molecule has 4 nitrogen and oxygen atoms in total. The Hall–Kier alpha value is -3.44. The zero-order valence-electron chi connectivity index (χ0n) is 19.6. The predicted molar refractivity (Wildman–Crippen MR) is 133 cm³/mol. The summed E-state index contributed by atoms with van der Waals surface area (Å²) in [7, 11) is 0. The Kier molecular flexibility index (Phi) is 5.96. The van der Waals surface area contributed by atoms with Crippen molar-refractivity contribution in [3.8, 4) is 11.5 Å². The van der Waals surface area contributed by atoms with E-state index in [-0.39, 0.29) is 17.8 Å². The fourth-order valence-corrected chi connectivity index (χ4v) is 5.17. The number of likely N-dealkylation sites (tertiary alicyclic amines) is 1. The molecule has 3 aromatic carbocycles. The molecule has 0 N–H and O–H groups in total. The van der Waals surface area contributed by atoms with Crippen molar-refractivity contribution in [2.75, 3.05) is 11.4 Å². The highest BCUT2D eigenvalue weighted by Crippen LogP contribution is 2.41. The number of carbonyl (C=O) groups excluding carboxylic acids is 1. The van der Waals surface area contributed by atoms with Gasteiger partial charge in [0, 0.05) is 30.9 Å². The first-order chi connectivity index (χ1) is 16.4. The normalized spacial score (nSPS) is 22.5. The smallest absolute Gasteiger partial charge is 0.251 e. The molecule has 174 valence electrons. The van der Waals surface area contributed by atoms with Crippen molar-refractivity contribution < 1.29 is 13.9 Å². The molecule has 1 spiro atoms. The van der Waals surface area contributed by atoms with E-state index in [0.717, 1.165) is 37.4 Å². The van der Waals surface area contributed by atoms with Crippen LogP contribution in [0.3, 0.4) is 0 Å². The second-order valence-electron chi connectivity index (χ2n) is 9.43. The Morgan fingerprint density at radius 2 is 1.82 bits per heavy atom. The van der Waals surface area contributed by atoms with Gasteiger partial charge in [-0.3, -0.25) is 14.6 Å². The molecule has 1 amide bonds. The number of halogens is 1. The molecule has 5 rings (SSSR count). The SMILES string of the molecule is Cc1ccc(Oc2cccc(CN3CC[C@@]4(C=CC(=O)N4c4cccc(F)c4)C[C@H]3C)c2)cc1. The highest BCUT2D eigenvalue weighted by molar-refractivity contribution is 6.06. The van der Waals surface area contributed by atoms with E-state index in [9.17, 15) is 9.18 Å². The predicted octanol–water partition coefficient (Wildman–Crippen LogP) is 6.25. The first-order valence-electron chi connectivity index (χ1n) is 11.8. The van der Waals surface area contributed by atoms with E-state index in [2.05, 4.69) is 30.9 Å². The van der Waals surface area contributed by atoms with Gasteiger partial charge < -0.3 is 4.74 Å². The number of aryl methyl sites for hydroxylation is 1. The van der Waals surface area contributed by atoms with Crippen molar-refractivity contribution in [3.63, 3.8) is 0 Å². The largest absolute Gasteiger partial charge is 0.457 e. The van der Waals surface area contributed by atoms with Crippen LogP contribution in [0.15, 0.2) is 84.9 Å². The molecule has 0 radical (unpaired) electrons. The minimum atomic E-state index is -0.406. The molecule has 1 fully saturated rings. The van der Waals surface area contributed by atoms with Gasteiger partial charge in [-0.15, -0.1) is 0 Å². The Bertz CT molecular complexity index is 1220. The van der Waals surface area contributed by atoms with E-state index in [4.69, 9.17) is 4.74 Å². The molecule has 0 bridgehead atoms. The number of hydrogen-bond acceptors (Lipinski definition) is 3. The molecule has 0 aromatic heterocycles. The topological polar surface area (TPSA) is 32.8 Å². The summed E-state index contributed by atoms with van der Waals surface area (Å²) in [4.78, 5) is 17.0. The summed E-state index contributed by atoms with van der Waals surface area (Å²) in [5.41, 5.74) is 2.61. The van der Waals surface area contributed by atoms with Crippen molar-refractivity contribution in [1.82, 2.24) is 4.90 Å². The zero-order chi connectivity index (χ0) is 23.7. The standard InChI is InChI=1S/C29H29FN2O2/c1-21-9-11-26(12-10-21)34-27-8-3-5-23(17-27)20-31-16-15-29(19-22(31)2)14-13-28(33)32(29)25-7-4-6-24(30)18-25/h3-14,17-18,22H,15-16,19-20H2,1-2H3/t22-,29+/m1/s1. The van der Waals surface area contributed by atoms with Gasteiger partial charge >= 0.3 is 0 Å². The van der Waals surface area contributed by atoms with Crippen LogP contribution in [0.1, 0.15) is 30.9 Å². The van der Waals surface area contributed by atoms with Gasteiger partial charge in [-0.2, -0.15) is 0 Å². The highest BCUT2D eigenvalue weighted by Gasteiger charge is 2.46. The third kappa shape index (κ3) is 4.48. The first kappa shape index (κ1) is 22.4. The van der Waals surface area contributed by atoms with Crippen LogP contribution >= 0.6 is 0 Å². The van der Waals surface area contributed by atoms with Crippen molar-refractivity contribution in [2.24, 2.45) is 0 Å². The average Bonchev–Trinajstić information content (AvgIpc) is 3.13. The summed E-state index contributed by atoms with van der Waals surface area (Å²) in [6.07, 6.45) is 5.25. The fourth-order valence-electron chi connectivity index (χ4n) is 5.17. The Morgan fingerprint density at radius 3 is 2.59 bits per heavy atom. The number of nitrogens with zero attached hydrogens (tertiary/aromatic N) is 2. The maximum Gasteiger partial charge on any atom is 0.251 e. The van der Waals surface area contributed by atoms with Crippen LogP contribution in [0.25, 0.3) is 0 Å². The second kappa shape index (κ2) is 9.07. The summed E-state index contributed by atoms with van der Waals surface area (Å²) in [6, 6.07) is 22.8. The molecule has 5 heteroatoms. The number of anilines is 1. The fraction of sp³-hybridized carbons (Fsp3) is 0.276. The summed E-state index contributed by atoms with van der Waals surface area (Å²) in [5, 5.41) is 0. The van der Waals surface area contributed by atoms with Gasteiger partial charge in [0.25, 0.3) is 5.91 Å². The summed E-state index contributed by atoms with van der Waals surface area (Å²) < 4.78 is 19.9. The summed E-state index contributed by atoms with van der Waals surface area (Å²) in [5.74, 6) is 1.24. The lowest BCUT2D eigenvalue weighted by molar-refractivity contribution is -0.114. The molecule has 3 aromatic rings. The second-order valence-corrected chi connectivity index (χ2v) is 9.43. The highest BCUT2D eigenvalue weighted by atomic mass is 19.1. The number of hydrogen-bond donors (Lipinski definition) is 0. The molecule has 2 aliphatic rings. The molecular weight excluding hydrogens is 427 g/mol. The molecule has 34 heavy (non-hydrogen) atoms. The molecule has 2 aliphatic heterocycles.